The maximum absolute atomic E-state index is 12.5. The smallest absolute Gasteiger partial charge is 0.246 e. The van der Waals surface area contributed by atoms with E-state index in [0.717, 1.165) is 25.8 Å². The van der Waals surface area contributed by atoms with E-state index in [1.54, 1.807) is 0 Å². The molecule has 1 N–H and O–H groups in total. The topological polar surface area (TPSA) is 43.8 Å². The summed E-state index contributed by atoms with van der Waals surface area (Å²) in [4.78, 5) is 14.3. The van der Waals surface area contributed by atoms with Crippen molar-refractivity contribution in [3.8, 4) is 0 Å². The average Bonchev–Trinajstić information content (AvgIpc) is 2.48. The lowest BCUT2D eigenvalue weighted by Crippen LogP contribution is -2.52. The number of hydrogen-bond acceptors (Lipinski definition) is 3. The summed E-state index contributed by atoms with van der Waals surface area (Å²) in [6, 6.07) is 0. The molecule has 1 amide bonds. The first-order chi connectivity index (χ1) is 7.88. The highest BCUT2D eigenvalue weighted by Crippen LogP contribution is 2.40. The highest BCUT2D eigenvalue weighted by Gasteiger charge is 2.58. The second-order valence-corrected chi connectivity index (χ2v) is 5.32. The van der Waals surface area contributed by atoms with Crippen molar-refractivity contribution in [1.82, 2.24) is 9.96 Å². The second-order valence-electron chi connectivity index (χ2n) is 5.32. The molecule has 1 rings (SSSR count). The van der Waals surface area contributed by atoms with E-state index >= 15 is 0 Å². The Balaban J connectivity index is 3.06. The van der Waals surface area contributed by atoms with Gasteiger partial charge in [-0.05, 0) is 33.1 Å². The Bertz CT molecular complexity index is 295. The van der Waals surface area contributed by atoms with Crippen molar-refractivity contribution in [3.05, 3.63) is 0 Å². The predicted octanol–water partition coefficient (Wildman–Crippen LogP) is 2.61. The van der Waals surface area contributed by atoms with Gasteiger partial charge in [-0.25, -0.2) is 0 Å². The molecule has 1 saturated heterocycles. The number of unbranched alkanes of at least 4 members (excludes halogenated alkanes) is 1. The third-order valence-electron chi connectivity index (χ3n) is 4.30. The Labute approximate surface area is 105 Å². The van der Waals surface area contributed by atoms with Gasteiger partial charge in [0.25, 0.3) is 0 Å². The highest BCUT2D eigenvalue weighted by atomic mass is 16.5. The maximum atomic E-state index is 12.5. The summed E-state index contributed by atoms with van der Waals surface area (Å²) in [7, 11) is 0. The van der Waals surface area contributed by atoms with Gasteiger partial charge >= 0.3 is 0 Å². The van der Waals surface area contributed by atoms with Crippen LogP contribution in [0.25, 0.3) is 0 Å². The largest absolute Gasteiger partial charge is 0.321 e. The molecule has 0 aromatic rings. The van der Waals surface area contributed by atoms with Crippen LogP contribution in [0.5, 0.6) is 0 Å². The molecular weight excluding hydrogens is 216 g/mol. The summed E-state index contributed by atoms with van der Waals surface area (Å²) in [6.45, 7) is 10.6. The highest BCUT2D eigenvalue weighted by molar-refractivity contribution is 5.88. The van der Waals surface area contributed by atoms with Crippen LogP contribution in [0.3, 0.4) is 0 Å². The lowest BCUT2D eigenvalue weighted by Gasteiger charge is -2.38. The normalized spacial score (nSPS) is 34.7. The molecule has 1 fully saturated rings. The van der Waals surface area contributed by atoms with E-state index in [4.69, 9.17) is 0 Å². The average molecular weight is 242 g/mol. The lowest BCUT2D eigenvalue weighted by atomic mass is 9.98. The number of carbonyl (C=O) groups is 1. The van der Waals surface area contributed by atoms with E-state index in [9.17, 15) is 10.0 Å². The fourth-order valence-corrected chi connectivity index (χ4v) is 2.55. The van der Waals surface area contributed by atoms with E-state index in [2.05, 4.69) is 6.92 Å². The molecule has 0 aromatic carbocycles. The standard InChI is InChI=1S/C13H26N2O2/c1-6-9-10-14-11(16)12(4,7-2)15(17)13(14,5)8-3/h17H,6-10H2,1-5H3. The minimum Gasteiger partial charge on any atom is -0.321 e. The maximum Gasteiger partial charge on any atom is 0.246 e. The van der Waals surface area contributed by atoms with E-state index < -0.39 is 11.2 Å². The van der Waals surface area contributed by atoms with Crippen molar-refractivity contribution >= 4 is 5.91 Å². The Morgan fingerprint density at radius 1 is 1.18 bits per heavy atom. The van der Waals surface area contributed by atoms with Gasteiger partial charge < -0.3 is 10.1 Å². The minimum absolute atomic E-state index is 0.0558. The molecule has 2 atom stereocenters. The molecular formula is C13H26N2O2. The summed E-state index contributed by atoms with van der Waals surface area (Å²) < 4.78 is 0. The first-order valence-electron chi connectivity index (χ1n) is 6.69. The zero-order valence-electron chi connectivity index (χ0n) is 11.8. The molecule has 1 heterocycles. The number of carbonyl (C=O) groups excluding carboxylic acids is 1. The van der Waals surface area contributed by atoms with Gasteiger partial charge in [0.2, 0.25) is 5.91 Å². The van der Waals surface area contributed by atoms with Crippen molar-refractivity contribution in [3.63, 3.8) is 0 Å². The number of hydrogen-bond donors (Lipinski definition) is 1. The fraction of sp³-hybridized carbons (Fsp3) is 0.923. The molecule has 0 aliphatic carbocycles. The molecule has 1 aliphatic heterocycles. The number of nitrogens with zero attached hydrogens (tertiary/aromatic N) is 2. The van der Waals surface area contributed by atoms with Crippen molar-refractivity contribution < 1.29 is 10.0 Å². The van der Waals surface area contributed by atoms with Gasteiger partial charge in [-0.1, -0.05) is 27.2 Å². The number of hydroxylamine groups is 2. The first-order valence-corrected chi connectivity index (χ1v) is 6.69. The van der Waals surface area contributed by atoms with Crippen molar-refractivity contribution in [1.29, 1.82) is 0 Å². The molecule has 4 heteroatoms. The lowest BCUT2D eigenvalue weighted by molar-refractivity contribution is -0.222. The number of amides is 1. The van der Waals surface area contributed by atoms with Crippen LogP contribution in [0.1, 0.15) is 60.3 Å². The van der Waals surface area contributed by atoms with Crippen molar-refractivity contribution in [2.45, 2.75) is 71.5 Å². The third kappa shape index (κ3) is 1.97. The monoisotopic (exact) mass is 242 g/mol. The van der Waals surface area contributed by atoms with Crippen LogP contribution in [0.15, 0.2) is 0 Å². The zero-order valence-corrected chi connectivity index (χ0v) is 11.8. The predicted molar refractivity (Wildman–Crippen MR) is 67.6 cm³/mol. The quantitative estimate of drug-likeness (QED) is 0.806. The van der Waals surface area contributed by atoms with Crippen LogP contribution in [-0.2, 0) is 4.79 Å². The molecule has 0 bridgehead atoms. The molecule has 17 heavy (non-hydrogen) atoms. The molecule has 4 nitrogen and oxygen atoms in total. The molecule has 1 aliphatic rings. The summed E-state index contributed by atoms with van der Waals surface area (Å²) in [5, 5.41) is 11.7. The van der Waals surface area contributed by atoms with E-state index in [0.29, 0.717) is 6.42 Å². The van der Waals surface area contributed by atoms with Crippen LogP contribution in [-0.4, -0.2) is 38.8 Å². The van der Waals surface area contributed by atoms with Gasteiger partial charge in [-0.15, -0.1) is 0 Å². The molecule has 0 saturated carbocycles. The Hall–Kier alpha value is -0.610. The minimum atomic E-state index is -0.765. The van der Waals surface area contributed by atoms with Gasteiger partial charge in [0.1, 0.15) is 11.2 Å². The molecule has 0 aromatic heterocycles. The summed E-state index contributed by atoms with van der Waals surface area (Å²) >= 11 is 0. The molecule has 100 valence electrons. The van der Waals surface area contributed by atoms with Crippen LogP contribution in [0.2, 0.25) is 0 Å². The Kier molecular flexibility index (Phi) is 4.20. The van der Waals surface area contributed by atoms with E-state index in [-0.39, 0.29) is 5.91 Å². The van der Waals surface area contributed by atoms with E-state index in [1.165, 1.54) is 5.06 Å². The molecule has 0 radical (unpaired) electrons. The Morgan fingerprint density at radius 2 is 1.76 bits per heavy atom. The zero-order chi connectivity index (χ0) is 13.3. The van der Waals surface area contributed by atoms with E-state index in [1.807, 2.05) is 32.6 Å². The van der Waals surface area contributed by atoms with Gasteiger partial charge in [-0.2, -0.15) is 5.06 Å². The molecule has 2 unspecified atom stereocenters. The fourth-order valence-electron chi connectivity index (χ4n) is 2.55. The second kappa shape index (κ2) is 4.94. The van der Waals surface area contributed by atoms with Crippen LogP contribution in [0.4, 0.5) is 0 Å². The van der Waals surface area contributed by atoms with Crippen molar-refractivity contribution in [2.75, 3.05) is 6.54 Å². The van der Waals surface area contributed by atoms with Gasteiger partial charge in [0.05, 0.1) is 0 Å². The van der Waals surface area contributed by atoms with Crippen molar-refractivity contribution in [2.24, 2.45) is 0 Å². The van der Waals surface area contributed by atoms with Gasteiger partial charge in [0, 0.05) is 6.54 Å². The SMILES string of the molecule is CCCCN1C(=O)C(C)(CC)N(O)C1(C)CC. The first kappa shape index (κ1) is 14.5. The Morgan fingerprint density at radius 3 is 2.18 bits per heavy atom. The van der Waals surface area contributed by atoms with Gasteiger partial charge in [-0.3, -0.25) is 4.79 Å². The van der Waals surface area contributed by atoms with Crippen LogP contribution < -0.4 is 0 Å². The van der Waals surface area contributed by atoms with Gasteiger partial charge in [0.15, 0.2) is 0 Å². The number of rotatable bonds is 5. The third-order valence-corrected chi connectivity index (χ3v) is 4.30. The van der Waals surface area contributed by atoms with Crippen LogP contribution >= 0.6 is 0 Å². The summed E-state index contributed by atoms with van der Waals surface area (Å²) in [5.74, 6) is 0.0558. The molecule has 0 spiro atoms. The van der Waals surface area contributed by atoms with Crippen LogP contribution in [0, 0.1) is 0 Å². The summed E-state index contributed by atoms with van der Waals surface area (Å²) in [6.07, 6.45) is 3.39. The summed E-state index contributed by atoms with van der Waals surface area (Å²) in [5.41, 5.74) is -1.32.